The average Bonchev–Trinajstić information content (AvgIpc) is 2.63. The molecule has 1 aliphatic heterocycles. The number of nitrogens with zero attached hydrogens (tertiary/aromatic N) is 1. The number of hydrogen-bond acceptors (Lipinski definition) is 4. The maximum Gasteiger partial charge on any atom is 0.118 e. The Bertz CT molecular complexity index is 713. The SMILES string of the molecule is COc1ccc(C2NC(c3ccc(Cl)cc3)C/C(=N/O)C2C)cc1. The predicted octanol–water partition coefficient (Wildman–Crippen LogP) is 4.59. The molecule has 0 aliphatic carbocycles. The second kappa shape index (κ2) is 7.24. The van der Waals surface area contributed by atoms with E-state index in [-0.39, 0.29) is 18.0 Å². The standard InChI is InChI=1S/C19H21ClN2O2/c1-12-17(22-23)11-18(13-3-7-15(20)8-4-13)21-19(12)14-5-9-16(24-2)10-6-14/h3-10,12,18-19,21,23H,11H2,1-2H3/b22-17-. The van der Waals surface area contributed by atoms with Crippen LogP contribution in [0.4, 0.5) is 0 Å². The number of nitrogens with one attached hydrogen (secondary N) is 1. The van der Waals surface area contributed by atoms with Gasteiger partial charge >= 0.3 is 0 Å². The molecule has 24 heavy (non-hydrogen) atoms. The van der Waals surface area contributed by atoms with Crippen molar-refractivity contribution < 1.29 is 9.94 Å². The lowest BCUT2D eigenvalue weighted by molar-refractivity contribution is 0.294. The Kier molecular flexibility index (Phi) is 5.07. The molecule has 1 fully saturated rings. The summed E-state index contributed by atoms with van der Waals surface area (Å²) in [6, 6.07) is 15.9. The van der Waals surface area contributed by atoms with Crippen LogP contribution in [0.3, 0.4) is 0 Å². The second-order valence-corrected chi connectivity index (χ2v) is 6.54. The van der Waals surface area contributed by atoms with Crippen LogP contribution in [0.2, 0.25) is 5.02 Å². The van der Waals surface area contributed by atoms with E-state index in [2.05, 4.69) is 17.4 Å². The lowest BCUT2D eigenvalue weighted by atomic mass is 9.81. The molecule has 2 aromatic carbocycles. The number of benzene rings is 2. The number of ether oxygens (including phenoxy) is 1. The Hall–Kier alpha value is -2.04. The molecule has 1 heterocycles. The van der Waals surface area contributed by atoms with Gasteiger partial charge in [-0.15, -0.1) is 0 Å². The van der Waals surface area contributed by atoms with E-state index >= 15 is 0 Å². The molecule has 5 heteroatoms. The number of halogens is 1. The first kappa shape index (κ1) is 16.8. The third-order valence-electron chi connectivity index (χ3n) is 4.70. The van der Waals surface area contributed by atoms with Gasteiger partial charge in [0.1, 0.15) is 5.75 Å². The van der Waals surface area contributed by atoms with Crippen molar-refractivity contribution in [3.63, 3.8) is 0 Å². The average molecular weight is 345 g/mol. The fourth-order valence-corrected chi connectivity index (χ4v) is 3.37. The fourth-order valence-electron chi connectivity index (χ4n) is 3.24. The highest BCUT2D eigenvalue weighted by atomic mass is 35.5. The lowest BCUT2D eigenvalue weighted by Gasteiger charge is -2.37. The quantitative estimate of drug-likeness (QED) is 0.632. The Morgan fingerprint density at radius 1 is 1.08 bits per heavy atom. The molecule has 126 valence electrons. The highest BCUT2D eigenvalue weighted by Gasteiger charge is 2.33. The third-order valence-corrected chi connectivity index (χ3v) is 4.95. The molecule has 3 rings (SSSR count). The van der Waals surface area contributed by atoms with Crippen LogP contribution in [0.5, 0.6) is 5.75 Å². The zero-order valence-corrected chi connectivity index (χ0v) is 14.5. The molecule has 0 aromatic heterocycles. The lowest BCUT2D eigenvalue weighted by Crippen LogP contribution is -2.41. The van der Waals surface area contributed by atoms with Crippen LogP contribution in [-0.4, -0.2) is 18.0 Å². The first-order valence-electron chi connectivity index (χ1n) is 7.98. The minimum absolute atomic E-state index is 0.0660. The van der Waals surface area contributed by atoms with E-state index in [1.807, 2.05) is 48.5 Å². The molecule has 0 bridgehead atoms. The van der Waals surface area contributed by atoms with Crippen LogP contribution in [0.1, 0.15) is 36.6 Å². The van der Waals surface area contributed by atoms with Crippen LogP contribution in [0.25, 0.3) is 0 Å². The Morgan fingerprint density at radius 3 is 2.29 bits per heavy atom. The highest BCUT2D eigenvalue weighted by Crippen LogP contribution is 2.36. The molecule has 0 saturated carbocycles. The summed E-state index contributed by atoms with van der Waals surface area (Å²) < 4.78 is 5.23. The highest BCUT2D eigenvalue weighted by molar-refractivity contribution is 6.30. The molecule has 2 aromatic rings. The van der Waals surface area contributed by atoms with Crippen molar-refractivity contribution in [2.24, 2.45) is 11.1 Å². The first-order chi connectivity index (χ1) is 11.6. The second-order valence-electron chi connectivity index (χ2n) is 6.11. The maximum absolute atomic E-state index is 9.44. The van der Waals surface area contributed by atoms with Crippen LogP contribution in [0.15, 0.2) is 53.7 Å². The molecule has 3 atom stereocenters. The Labute approximate surface area is 147 Å². The number of hydrogen-bond donors (Lipinski definition) is 2. The van der Waals surface area contributed by atoms with Gasteiger partial charge in [0.25, 0.3) is 0 Å². The van der Waals surface area contributed by atoms with E-state index in [1.165, 1.54) is 0 Å². The summed E-state index contributed by atoms with van der Waals surface area (Å²) in [4.78, 5) is 0. The molecular formula is C19H21ClN2O2. The van der Waals surface area contributed by atoms with E-state index in [0.29, 0.717) is 11.4 Å². The molecule has 3 unspecified atom stereocenters. The topological polar surface area (TPSA) is 53.8 Å². The summed E-state index contributed by atoms with van der Waals surface area (Å²) >= 11 is 5.99. The largest absolute Gasteiger partial charge is 0.497 e. The van der Waals surface area contributed by atoms with Crippen molar-refractivity contribution in [3.8, 4) is 5.75 Å². The molecular weight excluding hydrogens is 324 g/mol. The summed E-state index contributed by atoms with van der Waals surface area (Å²) in [6.07, 6.45) is 0.673. The van der Waals surface area contributed by atoms with Gasteiger partial charge in [-0.05, 0) is 35.4 Å². The maximum atomic E-state index is 9.44. The van der Waals surface area contributed by atoms with Gasteiger partial charge in [0, 0.05) is 29.4 Å². The van der Waals surface area contributed by atoms with Gasteiger partial charge < -0.3 is 15.3 Å². The molecule has 0 amide bonds. The number of rotatable bonds is 3. The Morgan fingerprint density at radius 2 is 1.71 bits per heavy atom. The molecule has 1 aliphatic rings. The third kappa shape index (κ3) is 3.40. The minimum Gasteiger partial charge on any atom is -0.497 e. The van der Waals surface area contributed by atoms with Gasteiger partial charge in [0.05, 0.1) is 12.8 Å². The van der Waals surface area contributed by atoms with Gasteiger partial charge in [0.15, 0.2) is 0 Å². The van der Waals surface area contributed by atoms with Crippen LogP contribution in [0, 0.1) is 5.92 Å². The first-order valence-corrected chi connectivity index (χ1v) is 8.36. The smallest absolute Gasteiger partial charge is 0.118 e. The van der Waals surface area contributed by atoms with Crippen molar-refractivity contribution in [1.82, 2.24) is 5.32 Å². The summed E-state index contributed by atoms with van der Waals surface area (Å²) in [6.45, 7) is 2.08. The van der Waals surface area contributed by atoms with Crippen molar-refractivity contribution in [1.29, 1.82) is 0 Å². The monoisotopic (exact) mass is 344 g/mol. The van der Waals surface area contributed by atoms with Crippen molar-refractivity contribution >= 4 is 17.3 Å². The molecule has 4 nitrogen and oxygen atoms in total. The zero-order chi connectivity index (χ0) is 17.1. The van der Waals surface area contributed by atoms with E-state index in [4.69, 9.17) is 16.3 Å². The van der Waals surface area contributed by atoms with Crippen LogP contribution < -0.4 is 10.1 Å². The fraction of sp³-hybridized carbons (Fsp3) is 0.316. The summed E-state index contributed by atoms with van der Waals surface area (Å²) in [7, 11) is 1.66. The summed E-state index contributed by atoms with van der Waals surface area (Å²) in [5.41, 5.74) is 3.07. The van der Waals surface area contributed by atoms with Gasteiger partial charge in [-0.25, -0.2) is 0 Å². The molecule has 2 N–H and O–H groups in total. The van der Waals surface area contributed by atoms with E-state index < -0.39 is 0 Å². The summed E-state index contributed by atoms with van der Waals surface area (Å²) in [5, 5.41) is 17.4. The van der Waals surface area contributed by atoms with Crippen LogP contribution >= 0.6 is 11.6 Å². The van der Waals surface area contributed by atoms with Crippen LogP contribution in [-0.2, 0) is 0 Å². The molecule has 0 radical (unpaired) electrons. The summed E-state index contributed by atoms with van der Waals surface area (Å²) in [5.74, 6) is 0.930. The van der Waals surface area contributed by atoms with Crippen molar-refractivity contribution in [2.45, 2.75) is 25.4 Å². The van der Waals surface area contributed by atoms with E-state index in [9.17, 15) is 5.21 Å². The Balaban J connectivity index is 1.90. The predicted molar refractivity (Wildman–Crippen MR) is 96.1 cm³/mol. The van der Waals surface area contributed by atoms with Gasteiger partial charge in [-0.3, -0.25) is 0 Å². The van der Waals surface area contributed by atoms with Gasteiger partial charge in [-0.2, -0.15) is 0 Å². The van der Waals surface area contributed by atoms with E-state index in [1.54, 1.807) is 7.11 Å². The van der Waals surface area contributed by atoms with Crippen molar-refractivity contribution in [2.75, 3.05) is 7.11 Å². The zero-order valence-electron chi connectivity index (χ0n) is 13.7. The molecule has 0 spiro atoms. The molecule has 1 saturated heterocycles. The van der Waals surface area contributed by atoms with Gasteiger partial charge in [-0.1, -0.05) is 47.9 Å². The van der Waals surface area contributed by atoms with E-state index in [0.717, 1.165) is 22.6 Å². The van der Waals surface area contributed by atoms with Gasteiger partial charge in [0.2, 0.25) is 0 Å². The number of oxime groups is 1. The minimum atomic E-state index is 0.0660. The normalized spacial score (nSPS) is 25.6. The number of piperidine rings is 1. The van der Waals surface area contributed by atoms with Crippen molar-refractivity contribution in [3.05, 3.63) is 64.7 Å². The number of methoxy groups -OCH3 is 1.